The zero-order valence-electron chi connectivity index (χ0n) is 10.8. The highest BCUT2D eigenvalue weighted by atomic mass is 28.3. The van der Waals surface area contributed by atoms with E-state index in [-0.39, 0.29) is 0 Å². The van der Waals surface area contributed by atoms with Gasteiger partial charge in [0, 0.05) is 6.42 Å². The Morgan fingerprint density at radius 3 is 1.88 bits per heavy atom. The van der Waals surface area contributed by atoms with Crippen LogP contribution in [0.25, 0.3) is 0 Å². The summed E-state index contributed by atoms with van der Waals surface area (Å²) in [6.07, 6.45) is -3.63. The number of hydrogen-bond acceptors (Lipinski definition) is 2. The summed E-state index contributed by atoms with van der Waals surface area (Å²) in [5.41, 5.74) is 0. The van der Waals surface area contributed by atoms with Crippen LogP contribution in [0.4, 0.5) is 13.2 Å². The normalized spacial score (nSPS) is 16.9. The van der Waals surface area contributed by atoms with Crippen LogP contribution in [0.15, 0.2) is 0 Å². The van der Waals surface area contributed by atoms with Crippen molar-refractivity contribution in [2.75, 3.05) is 27.3 Å². The Morgan fingerprint density at radius 2 is 1.50 bits per heavy atom. The molecular weight excluding hydrogens is 249 g/mol. The molecule has 2 unspecified atom stereocenters. The Bertz CT molecular complexity index is 200. The van der Waals surface area contributed by atoms with Crippen LogP contribution in [0, 0.1) is 0 Å². The van der Waals surface area contributed by atoms with Gasteiger partial charge in [-0.15, -0.1) is 0 Å². The molecule has 0 aliphatic rings. The van der Waals surface area contributed by atoms with Gasteiger partial charge < -0.3 is 9.13 Å². The molecule has 16 heavy (non-hydrogen) atoms. The van der Waals surface area contributed by atoms with Crippen molar-refractivity contribution < 1.29 is 13.2 Å². The Kier molecular flexibility index (Phi) is 6.84. The standard InChI is InChI=1S/C9H23F3N2Si2/c1-13(2)16(5)8-14(3)15(4)7-6-9(10,11)12/h15-16H,6-8H2,1-5H3. The summed E-state index contributed by atoms with van der Waals surface area (Å²) in [4.78, 5) is 0. The highest BCUT2D eigenvalue weighted by Gasteiger charge is 2.28. The molecule has 0 aromatic rings. The van der Waals surface area contributed by atoms with Crippen LogP contribution < -0.4 is 0 Å². The third kappa shape index (κ3) is 7.42. The number of nitrogens with zero attached hydrogens (tertiary/aromatic N) is 2. The van der Waals surface area contributed by atoms with Gasteiger partial charge in [-0.3, -0.25) is 0 Å². The number of halogens is 3. The zero-order chi connectivity index (χ0) is 12.9. The lowest BCUT2D eigenvalue weighted by atomic mass is 10.5. The molecule has 2 nitrogen and oxygen atoms in total. The van der Waals surface area contributed by atoms with Crippen LogP contribution >= 0.6 is 0 Å². The van der Waals surface area contributed by atoms with Crippen molar-refractivity contribution in [2.45, 2.75) is 31.7 Å². The minimum absolute atomic E-state index is 0.328. The fourth-order valence-corrected chi connectivity index (χ4v) is 6.05. The second-order valence-corrected chi connectivity index (χ2v) is 11.0. The summed E-state index contributed by atoms with van der Waals surface area (Å²) in [5.74, 6) is 0. The first kappa shape index (κ1) is 16.1. The van der Waals surface area contributed by atoms with E-state index in [0.29, 0.717) is 6.04 Å². The topological polar surface area (TPSA) is 6.48 Å². The van der Waals surface area contributed by atoms with Crippen LogP contribution in [0.1, 0.15) is 6.42 Å². The van der Waals surface area contributed by atoms with Crippen LogP contribution in [-0.2, 0) is 0 Å². The quantitative estimate of drug-likeness (QED) is 0.679. The van der Waals surface area contributed by atoms with Gasteiger partial charge in [0.1, 0.15) is 17.9 Å². The molecule has 0 aromatic carbocycles. The molecule has 0 heterocycles. The van der Waals surface area contributed by atoms with Crippen LogP contribution in [0.3, 0.4) is 0 Å². The maximum absolute atomic E-state index is 12.1. The van der Waals surface area contributed by atoms with E-state index in [4.69, 9.17) is 0 Å². The van der Waals surface area contributed by atoms with E-state index in [9.17, 15) is 13.2 Å². The monoisotopic (exact) mass is 272 g/mol. The lowest BCUT2D eigenvalue weighted by Crippen LogP contribution is -2.45. The molecule has 0 fully saturated rings. The summed E-state index contributed by atoms with van der Waals surface area (Å²) >= 11 is 0. The molecule has 0 N–H and O–H groups in total. The minimum Gasteiger partial charge on any atom is -0.331 e. The molecule has 7 heteroatoms. The predicted molar refractivity (Wildman–Crippen MR) is 67.8 cm³/mol. The van der Waals surface area contributed by atoms with E-state index >= 15 is 0 Å². The largest absolute Gasteiger partial charge is 0.388 e. The summed E-state index contributed by atoms with van der Waals surface area (Å²) < 4.78 is 40.6. The van der Waals surface area contributed by atoms with Gasteiger partial charge in [-0.1, -0.05) is 13.1 Å². The Morgan fingerprint density at radius 1 is 1.00 bits per heavy atom. The van der Waals surface area contributed by atoms with E-state index in [0.717, 1.165) is 6.17 Å². The summed E-state index contributed by atoms with van der Waals surface area (Å²) in [6, 6.07) is 0.328. The van der Waals surface area contributed by atoms with E-state index in [1.807, 2.05) is 27.7 Å². The van der Waals surface area contributed by atoms with Gasteiger partial charge in [-0.2, -0.15) is 13.2 Å². The fourth-order valence-electron chi connectivity index (χ4n) is 1.35. The van der Waals surface area contributed by atoms with E-state index < -0.39 is 30.5 Å². The Hall–Kier alpha value is 0.144. The average molecular weight is 272 g/mol. The lowest BCUT2D eigenvalue weighted by molar-refractivity contribution is -0.130. The first-order chi connectivity index (χ1) is 7.13. The van der Waals surface area contributed by atoms with Gasteiger partial charge in [0.25, 0.3) is 0 Å². The van der Waals surface area contributed by atoms with Crippen molar-refractivity contribution in [1.82, 2.24) is 9.13 Å². The van der Waals surface area contributed by atoms with E-state index in [1.54, 1.807) is 0 Å². The fraction of sp³-hybridized carbons (Fsp3) is 1.00. The van der Waals surface area contributed by atoms with Crippen molar-refractivity contribution in [2.24, 2.45) is 0 Å². The van der Waals surface area contributed by atoms with Crippen LogP contribution in [-0.4, -0.2) is 60.5 Å². The van der Waals surface area contributed by atoms with E-state index in [1.165, 1.54) is 0 Å². The molecule has 0 aliphatic heterocycles. The van der Waals surface area contributed by atoms with Crippen molar-refractivity contribution in [3.8, 4) is 0 Å². The minimum atomic E-state index is -3.99. The Balaban J connectivity index is 3.95. The molecule has 0 amide bonds. The molecule has 0 spiro atoms. The van der Waals surface area contributed by atoms with Crippen molar-refractivity contribution >= 4 is 17.9 Å². The zero-order valence-corrected chi connectivity index (χ0v) is 13.1. The second-order valence-electron chi connectivity index (χ2n) is 4.76. The number of rotatable bonds is 6. The van der Waals surface area contributed by atoms with E-state index in [2.05, 4.69) is 15.7 Å². The average Bonchev–Trinajstić information content (AvgIpc) is 2.12. The van der Waals surface area contributed by atoms with Gasteiger partial charge in [0.2, 0.25) is 0 Å². The summed E-state index contributed by atoms with van der Waals surface area (Å²) in [7, 11) is 3.75. The molecule has 0 bridgehead atoms. The van der Waals surface area contributed by atoms with Gasteiger partial charge in [0.15, 0.2) is 0 Å². The van der Waals surface area contributed by atoms with Gasteiger partial charge in [-0.05, 0) is 33.4 Å². The predicted octanol–water partition coefficient (Wildman–Crippen LogP) is 1.68. The molecule has 2 atom stereocenters. The molecule has 0 rings (SSSR count). The summed E-state index contributed by atoms with van der Waals surface area (Å²) in [6.45, 7) is 4.23. The van der Waals surface area contributed by atoms with Gasteiger partial charge in [-0.25, -0.2) is 0 Å². The van der Waals surface area contributed by atoms with Crippen molar-refractivity contribution in [3.63, 3.8) is 0 Å². The maximum atomic E-state index is 12.1. The molecule has 98 valence electrons. The molecular formula is C9H23F3N2Si2. The molecule has 0 aromatic heterocycles. The number of alkyl halides is 3. The molecule has 0 aliphatic carbocycles. The SMILES string of the molecule is CN(C)[SiH](C)CN(C)[SiH](C)CCC(F)(F)F. The smallest absolute Gasteiger partial charge is 0.331 e. The maximum Gasteiger partial charge on any atom is 0.388 e. The third-order valence-corrected chi connectivity index (χ3v) is 9.16. The van der Waals surface area contributed by atoms with Gasteiger partial charge >= 0.3 is 6.18 Å². The lowest BCUT2D eigenvalue weighted by Gasteiger charge is -2.29. The van der Waals surface area contributed by atoms with Crippen LogP contribution in [0.5, 0.6) is 0 Å². The van der Waals surface area contributed by atoms with Crippen molar-refractivity contribution in [3.05, 3.63) is 0 Å². The van der Waals surface area contributed by atoms with Crippen molar-refractivity contribution in [1.29, 1.82) is 0 Å². The first-order valence-electron chi connectivity index (χ1n) is 5.57. The molecule has 0 radical (unpaired) electrons. The molecule has 0 saturated carbocycles. The van der Waals surface area contributed by atoms with Crippen LogP contribution in [0.2, 0.25) is 19.1 Å². The first-order valence-corrected chi connectivity index (χ1v) is 10.5. The van der Waals surface area contributed by atoms with Gasteiger partial charge in [0.05, 0.1) is 0 Å². The highest BCUT2D eigenvalue weighted by molar-refractivity contribution is 6.59. The second kappa shape index (κ2) is 6.78. The number of hydrogen-bond donors (Lipinski definition) is 0. The Labute approximate surface area is 99.8 Å². The highest BCUT2D eigenvalue weighted by Crippen LogP contribution is 2.23. The molecule has 0 saturated heterocycles. The third-order valence-electron chi connectivity index (χ3n) is 3.03. The summed E-state index contributed by atoms with van der Waals surface area (Å²) in [5, 5.41) is 0.